The second-order valence-corrected chi connectivity index (χ2v) is 7.45. The van der Waals surface area contributed by atoms with E-state index >= 15 is 0 Å². The highest BCUT2D eigenvalue weighted by Crippen LogP contribution is 2.07. The fourth-order valence-electron chi connectivity index (χ4n) is 1.61. The van der Waals surface area contributed by atoms with Crippen molar-refractivity contribution in [1.29, 1.82) is 0 Å². The van der Waals surface area contributed by atoms with E-state index in [2.05, 4.69) is 30.7 Å². The van der Waals surface area contributed by atoms with E-state index in [0.717, 1.165) is 29.9 Å². The van der Waals surface area contributed by atoms with E-state index < -0.39 is 10.0 Å². The topological polar surface area (TPSA) is 95.5 Å². The molecule has 0 aliphatic heterocycles. The van der Waals surface area contributed by atoms with Crippen LogP contribution in [0.2, 0.25) is 0 Å². The minimum absolute atomic E-state index is 0.418. The van der Waals surface area contributed by atoms with Crippen LogP contribution in [0.1, 0.15) is 17.1 Å². The van der Waals surface area contributed by atoms with Crippen LogP contribution in [0.15, 0.2) is 10.4 Å². The summed E-state index contributed by atoms with van der Waals surface area (Å²) in [7, 11) is -1.40. The van der Waals surface area contributed by atoms with Crippen LogP contribution in [0.3, 0.4) is 0 Å². The zero-order valence-corrected chi connectivity index (χ0v) is 14.3. The Kier molecular flexibility index (Phi) is 7.62. The van der Waals surface area contributed by atoms with E-state index in [0.29, 0.717) is 25.5 Å². The highest BCUT2D eigenvalue weighted by Gasteiger charge is 2.01. The normalized spacial score (nSPS) is 12.4. The second kappa shape index (κ2) is 8.96. The first kappa shape index (κ1) is 17.9. The number of aromatic nitrogens is 1. The van der Waals surface area contributed by atoms with Gasteiger partial charge in [0.1, 0.15) is 0 Å². The zero-order valence-electron chi connectivity index (χ0n) is 12.6. The molecule has 9 heteroatoms. The molecule has 0 unspecified atom stereocenters. The van der Waals surface area contributed by atoms with E-state index in [1.54, 1.807) is 18.4 Å². The Bertz CT molecular complexity index is 554. The molecule has 0 bridgehead atoms. The van der Waals surface area contributed by atoms with Crippen molar-refractivity contribution in [3.63, 3.8) is 0 Å². The number of nitrogens with one attached hydrogen (secondary N) is 3. The van der Waals surface area contributed by atoms with Crippen LogP contribution in [0.4, 0.5) is 0 Å². The summed E-state index contributed by atoms with van der Waals surface area (Å²) in [6.07, 6.45) is 2.70. The van der Waals surface area contributed by atoms with Gasteiger partial charge in [-0.05, 0) is 13.3 Å². The molecule has 0 aliphatic rings. The first-order valence-corrected chi connectivity index (χ1v) is 9.48. The molecule has 0 fully saturated rings. The van der Waals surface area contributed by atoms with Gasteiger partial charge in [0.15, 0.2) is 5.96 Å². The van der Waals surface area contributed by atoms with Crippen molar-refractivity contribution in [1.82, 2.24) is 20.3 Å². The number of nitrogens with zero attached hydrogens (tertiary/aromatic N) is 2. The van der Waals surface area contributed by atoms with Crippen LogP contribution in [0.5, 0.6) is 0 Å². The van der Waals surface area contributed by atoms with Gasteiger partial charge in [-0.25, -0.2) is 18.1 Å². The van der Waals surface area contributed by atoms with E-state index in [1.807, 2.05) is 6.92 Å². The Hall–Kier alpha value is -1.19. The summed E-state index contributed by atoms with van der Waals surface area (Å²) in [4.78, 5) is 8.50. The van der Waals surface area contributed by atoms with Crippen molar-refractivity contribution >= 4 is 27.3 Å². The minimum Gasteiger partial charge on any atom is -0.356 e. The van der Waals surface area contributed by atoms with Crippen LogP contribution < -0.4 is 15.4 Å². The molecular weight excluding hydrogens is 310 g/mol. The van der Waals surface area contributed by atoms with Gasteiger partial charge in [0.05, 0.1) is 17.0 Å². The lowest BCUT2D eigenvalue weighted by Gasteiger charge is -2.11. The standard InChI is InChI=1S/C12H23N5O2S2/c1-10-17-11(9-20-10)5-8-15-12(13-2)14-6-4-7-16-21(3,18)19/h9,16H,4-8H2,1-3H3,(H2,13,14,15). The molecule has 0 radical (unpaired) electrons. The van der Waals surface area contributed by atoms with Gasteiger partial charge in [-0.1, -0.05) is 0 Å². The fraction of sp³-hybridized carbons (Fsp3) is 0.667. The summed E-state index contributed by atoms with van der Waals surface area (Å²) in [6, 6.07) is 0. The summed E-state index contributed by atoms with van der Waals surface area (Å²) in [5.41, 5.74) is 1.08. The molecule has 3 N–H and O–H groups in total. The summed E-state index contributed by atoms with van der Waals surface area (Å²) in [5, 5.41) is 9.47. The number of hydrogen-bond donors (Lipinski definition) is 3. The Labute approximate surface area is 130 Å². The molecule has 1 aromatic heterocycles. The highest BCUT2D eigenvalue weighted by atomic mass is 32.2. The van der Waals surface area contributed by atoms with Crippen LogP contribution in [0, 0.1) is 6.92 Å². The molecule has 0 aromatic carbocycles. The van der Waals surface area contributed by atoms with Crippen molar-refractivity contribution < 1.29 is 8.42 Å². The SMILES string of the molecule is CN=C(NCCCNS(C)(=O)=O)NCCc1csc(C)n1. The highest BCUT2D eigenvalue weighted by molar-refractivity contribution is 7.88. The van der Waals surface area contributed by atoms with Gasteiger partial charge in [-0.3, -0.25) is 4.99 Å². The largest absolute Gasteiger partial charge is 0.356 e. The summed E-state index contributed by atoms with van der Waals surface area (Å²) < 4.78 is 24.2. The number of rotatable bonds is 8. The number of aliphatic imine (C=N–C) groups is 1. The molecule has 0 spiro atoms. The van der Waals surface area contributed by atoms with Crippen LogP contribution in [0.25, 0.3) is 0 Å². The van der Waals surface area contributed by atoms with E-state index in [1.165, 1.54) is 0 Å². The smallest absolute Gasteiger partial charge is 0.208 e. The van der Waals surface area contributed by atoms with Gasteiger partial charge >= 0.3 is 0 Å². The number of hydrogen-bond acceptors (Lipinski definition) is 5. The van der Waals surface area contributed by atoms with Gasteiger partial charge in [0.2, 0.25) is 10.0 Å². The van der Waals surface area contributed by atoms with Crippen molar-refractivity contribution in [2.75, 3.05) is 32.9 Å². The molecule has 0 aliphatic carbocycles. The Balaban J connectivity index is 2.14. The molecule has 1 rings (SSSR count). The maximum absolute atomic E-state index is 10.9. The van der Waals surface area contributed by atoms with Crippen molar-refractivity contribution in [3.05, 3.63) is 16.1 Å². The molecule has 120 valence electrons. The average Bonchev–Trinajstić information content (AvgIpc) is 2.80. The lowest BCUT2D eigenvalue weighted by atomic mass is 10.3. The molecule has 0 saturated heterocycles. The summed E-state index contributed by atoms with van der Waals surface area (Å²) in [6.45, 7) is 3.82. The summed E-state index contributed by atoms with van der Waals surface area (Å²) in [5.74, 6) is 0.710. The zero-order chi connectivity index (χ0) is 15.7. The van der Waals surface area contributed by atoms with E-state index in [9.17, 15) is 8.42 Å². The third kappa shape index (κ3) is 8.64. The molecule has 0 amide bonds. The Morgan fingerprint density at radius 1 is 1.33 bits per heavy atom. The van der Waals surface area contributed by atoms with Gasteiger partial charge in [0.25, 0.3) is 0 Å². The van der Waals surface area contributed by atoms with Gasteiger partial charge < -0.3 is 10.6 Å². The minimum atomic E-state index is -3.10. The van der Waals surface area contributed by atoms with Crippen LogP contribution >= 0.6 is 11.3 Å². The van der Waals surface area contributed by atoms with E-state index in [-0.39, 0.29) is 0 Å². The number of sulfonamides is 1. The maximum Gasteiger partial charge on any atom is 0.208 e. The predicted octanol–water partition coefficient (Wildman–Crippen LogP) is 0.0983. The van der Waals surface area contributed by atoms with E-state index in [4.69, 9.17) is 0 Å². The first-order chi connectivity index (χ1) is 9.90. The number of thiazole rings is 1. The maximum atomic E-state index is 10.9. The molecule has 1 heterocycles. The summed E-state index contributed by atoms with van der Waals surface area (Å²) >= 11 is 1.65. The lowest BCUT2D eigenvalue weighted by Crippen LogP contribution is -2.39. The first-order valence-electron chi connectivity index (χ1n) is 6.71. The Morgan fingerprint density at radius 2 is 2.05 bits per heavy atom. The third-order valence-electron chi connectivity index (χ3n) is 2.57. The van der Waals surface area contributed by atoms with Crippen molar-refractivity contribution in [2.45, 2.75) is 19.8 Å². The van der Waals surface area contributed by atoms with Crippen molar-refractivity contribution in [3.8, 4) is 0 Å². The van der Waals surface area contributed by atoms with Gasteiger partial charge in [-0.2, -0.15) is 0 Å². The molecule has 21 heavy (non-hydrogen) atoms. The number of aryl methyl sites for hydroxylation is 1. The predicted molar refractivity (Wildman–Crippen MR) is 87.4 cm³/mol. The molecule has 1 aromatic rings. The molecule has 7 nitrogen and oxygen atoms in total. The molecular formula is C12H23N5O2S2. The fourth-order valence-corrected chi connectivity index (χ4v) is 2.77. The second-order valence-electron chi connectivity index (χ2n) is 4.55. The van der Waals surface area contributed by atoms with Gasteiger partial charge in [0, 0.05) is 38.5 Å². The quantitative estimate of drug-likeness (QED) is 0.356. The average molecular weight is 333 g/mol. The van der Waals surface area contributed by atoms with Crippen molar-refractivity contribution in [2.24, 2.45) is 4.99 Å². The van der Waals surface area contributed by atoms with Crippen LogP contribution in [-0.4, -0.2) is 52.3 Å². The van der Waals surface area contributed by atoms with Crippen LogP contribution in [-0.2, 0) is 16.4 Å². The Morgan fingerprint density at radius 3 is 2.62 bits per heavy atom. The molecule has 0 saturated carbocycles. The monoisotopic (exact) mass is 333 g/mol. The number of guanidine groups is 1. The van der Waals surface area contributed by atoms with Gasteiger partial charge in [-0.15, -0.1) is 11.3 Å². The molecule has 0 atom stereocenters. The third-order valence-corrected chi connectivity index (χ3v) is 4.12. The lowest BCUT2D eigenvalue weighted by molar-refractivity contribution is 0.584.